The van der Waals surface area contributed by atoms with Gasteiger partial charge in [0.2, 0.25) is 0 Å². The van der Waals surface area contributed by atoms with E-state index in [9.17, 15) is 0 Å². The summed E-state index contributed by atoms with van der Waals surface area (Å²) < 4.78 is 0. The molecule has 0 atom stereocenters. The molecule has 0 radical (unpaired) electrons. The number of rotatable bonds is 4. The number of nitrogens with one attached hydrogen (secondary N) is 1. The number of hydrogen-bond acceptors (Lipinski definition) is 4. The molecule has 2 aromatic carbocycles. The normalized spacial score (nSPS) is 10.7. The highest BCUT2D eigenvalue weighted by Gasteiger charge is 2.03. The molecule has 0 unspecified atom stereocenters. The Bertz CT molecular complexity index is 945. The van der Waals surface area contributed by atoms with Crippen LogP contribution < -0.4 is 5.32 Å². The van der Waals surface area contributed by atoms with Crippen LogP contribution in [0.5, 0.6) is 0 Å². The summed E-state index contributed by atoms with van der Waals surface area (Å²) in [5, 5.41) is 4.43. The molecular formula is C20H16N4. The van der Waals surface area contributed by atoms with Gasteiger partial charge in [0.1, 0.15) is 12.1 Å². The van der Waals surface area contributed by atoms with Crippen molar-refractivity contribution in [2.24, 2.45) is 0 Å². The lowest BCUT2D eigenvalue weighted by Gasteiger charge is -2.09. The van der Waals surface area contributed by atoms with Crippen molar-refractivity contribution in [2.75, 3.05) is 5.32 Å². The summed E-state index contributed by atoms with van der Waals surface area (Å²) in [6.45, 7) is 0.717. The van der Waals surface area contributed by atoms with Crippen LogP contribution in [-0.2, 0) is 6.54 Å². The summed E-state index contributed by atoms with van der Waals surface area (Å²) in [6, 6.07) is 20.5. The molecule has 0 spiro atoms. The molecule has 0 aliphatic carbocycles. The van der Waals surface area contributed by atoms with Crippen molar-refractivity contribution in [3.63, 3.8) is 0 Å². The molecule has 4 heteroatoms. The third kappa shape index (κ3) is 2.94. The van der Waals surface area contributed by atoms with Crippen molar-refractivity contribution in [1.82, 2.24) is 15.0 Å². The van der Waals surface area contributed by atoms with E-state index < -0.39 is 0 Å². The van der Waals surface area contributed by atoms with Gasteiger partial charge < -0.3 is 5.32 Å². The third-order valence-electron chi connectivity index (χ3n) is 3.95. The maximum Gasteiger partial charge on any atom is 0.137 e. The van der Waals surface area contributed by atoms with Crippen LogP contribution in [0.25, 0.3) is 22.0 Å². The maximum atomic E-state index is 4.36. The van der Waals surface area contributed by atoms with Crippen LogP contribution in [0.3, 0.4) is 0 Å². The van der Waals surface area contributed by atoms with Gasteiger partial charge in [-0.1, -0.05) is 42.5 Å². The molecule has 4 aromatic rings. The van der Waals surface area contributed by atoms with Gasteiger partial charge in [-0.05, 0) is 34.9 Å². The van der Waals surface area contributed by atoms with Gasteiger partial charge in [0.25, 0.3) is 0 Å². The van der Waals surface area contributed by atoms with E-state index in [2.05, 4.69) is 50.6 Å². The fraction of sp³-hybridized carbons (Fsp3) is 0.0500. The summed E-state index contributed by atoms with van der Waals surface area (Å²) in [5.41, 5.74) is 4.44. The second-order valence-electron chi connectivity index (χ2n) is 5.53. The van der Waals surface area contributed by atoms with Crippen molar-refractivity contribution in [3.05, 3.63) is 84.9 Å². The predicted molar refractivity (Wildman–Crippen MR) is 96.5 cm³/mol. The lowest BCUT2D eigenvalue weighted by Crippen LogP contribution is -2.02. The van der Waals surface area contributed by atoms with Crippen LogP contribution in [0, 0.1) is 0 Å². The summed E-state index contributed by atoms with van der Waals surface area (Å²) in [6.07, 6.45) is 5.25. The number of fused-ring (bicyclic) bond motifs is 1. The third-order valence-corrected chi connectivity index (χ3v) is 3.95. The number of para-hydroxylation sites is 1. The van der Waals surface area contributed by atoms with E-state index in [1.54, 1.807) is 12.5 Å². The SMILES string of the molecule is c1cncc(-c2ccc(CNc3ncnc4ccccc34)cc2)c1. The molecule has 0 saturated carbocycles. The Morgan fingerprint density at radius 1 is 0.792 bits per heavy atom. The van der Waals surface area contributed by atoms with Crippen molar-refractivity contribution in [1.29, 1.82) is 0 Å². The number of anilines is 1. The highest BCUT2D eigenvalue weighted by Crippen LogP contribution is 2.21. The molecule has 0 aliphatic rings. The monoisotopic (exact) mass is 312 g/mol. The number of benzene rings is 2. The maximum absolute atomic E-state index is 4.36. The first-order chi connectivity index (χ1) is 11.9. The standard InChI is InChI=1S/C20H16N4/c1-2-6-19-18(5-1)20(24-14-23-19)22-12-15-7-9-16(10-8-15)17-4-3-11-21-13-17/h1-11,13-14H,12H2,(H,22,23,24). The Kier molecular flexibility index (Phi) is 3.86. The molecule has 1 N–H and O–H groups in total. The van der Waals surface area contributed by atoms with E-state index >= 15 is 0 Å². The van der Waals surface area contributed by atoms with Gasteiger partial charge in [0, 0.05) is 24.3 Å². The predicted octanol–water partition coefficient (Wildman–Crippen LogP) is 4.30. The fourth-order valence-corrected chi connectivity index (χ4v) is 2.68. The smallest absolute Gasteiger partial charge is 0.137 e. The molecule has 24 heavy (non-hydrogen) atoms. The number of hydrogen-bond donors (Lipinski definition) is 1. The van der Waals surface area contributed by atoms with E-state index in [1.165, 1.54) is 11.1 Å². The molecule has 4 nitrogen and oxygen atoms in total. The van der Waals surface area contributed by atoms with Crippen LogP contribution in [0.15, 0.2) is 79.4 Å². The molecule has 4 rings (SSSR count). The van der Waals surface area contributed by atoms with Gasteiger partial charge >= 0.3 is 0 Å². The Morgan fingerprint density at radius 3 is 2.50 bits per heavy atom. The van der Waals surface area contributed by atoms with Crippen LogP contribution in [0.4, 0.5) is 5.82 Å². The number of pyridine rings is 1. The minimum Gasteiger partial charge on any atom is -0.365 e. The molecule has 0 amide bonds. The van der Waals surface area contributed by atoms with Gasteiger partial charge in [-0.15, -0.1) is 0 Å². The second kappa shape index (κ2) is 6.46. The average molecular weight is 312 g/mol. The second-order valence-corrected chi connectivity index (χ2v) is 5.53. The number of aromatic nitrogens is 3. The van der Waals surface area contributed by atoms with Crippen LogP contribution in [-0.4, -0.2) is 15.0 Å². The highest BCUT2D eigenvalue weighted by atomic mass is 15.0. The largest absolute Gasteiger partial charge is 0.365 e. The zero-order valence-corrected chi connectivity index (χ0v) is 13.1. The molecule has 116 valence electrons. The first-order valence-corrected chi connectivity index (χ1v) is 7.83. The van der Waals surface area contributed by atoms with Crippen molar-refractivity contribution in [2.45, 2.75) is 6.54 Å². The van der Waals surface area contributed by atoms with Gasteiger partial charge in [0.05, 0.1) is 5.52 Å². The van der Waals surface area contributed by atoms with Gasteiger partial charge in [-0.3, -0.25) is 4.98 Å². The zero-order valence-electron chi connectivity index (χ0n) is 13.1. The molecule has 2 heterocycles. The zero-order chi connectivity index (χ0) is 16.2. The van der Waals surface area contributed by atoms with Crippen molar-refractivity contribution < 1.29 is 0 Å². The molecule has 0 aliphatic heterocycles. The van der Waals surface area contributed by atoms with Gasteiger partial charge in [-0.2, -0.15) is 0 Å². The van der Waals surface area contributed by atoms with E-state index in [1.807, 2.05) is 36.5 Å². The Labute approximate surface area is 140 Å². The number of nitrogens with zero attached hydrogens (tertiary/aromatic N) is 3. The van der Waals surface area contributed by atoms with E-state index in [0.29, 0.717) is 6.54 Å². The van der Waals surface area contributed by atoms with Gasteiger partial charge in [-0.25, -0.2) is 9.97 Å². The van der Waals surface area contributed by atoms with Crippen LogP contribution in [0.1, 0.15) is 5.56 Å². The summed E-state index contributed by atoms with van der Waals surface area (Å²) in [5.74, 6) is 0.858. The van der Waals surface area contributed by atoms with Crippen LogP contribution in [0.2, 0.25) is 0 Å². The Morgan fingerprint density at radius 2 is 1.67 bits per heavy atom. The molecule has 0 saturated heterocycles. The molecule has 0 bridgehead atoms. The van der Waals surface area contributed by atoms with Crippen molar-refractivity contribution >= 4 is 16.7 Å². The summed E-state index contributed by atoms with van der Waals surface area (Å²) >= 11 is 0. The van der Waals surface area contributed by atoms with Crippen LogP contribution >= 0.6 is 0 Å². The fourth-order valence-electron chi connectivity index (χ4n) is 2.68. The molecular weight excluding hydrogens is 296 g/mol. The Hall–Kier alpha value is -3.27. The average Bonchev–Trinajstić information content (AvgIpc) is 2.67. The first kappa shape index (κ1) is 14.3. The minimum atomic E-state index is 0.717. The lowest BCUT2D eigenvalue weighted by molar-refractivity contribution is 1.10. The summed E-state index contributed by atoms with van der Waals surface area (Å²) in [4.78, 5) is 12.8. The topological polar surface area (TPSA) is 50.7 Å². The quantitative estimate of drug-likeness (QED) is 0.610. The van der Waals surface area contributed by atoms with E-state index in [-0.39, 0.29) is 0 Å². The first-order valence-electron chi connectivity index (χ1n) is 7.83. The summed E-state index contributed by atoms with van der Waals surface area (Å²) in [7, 11) is 0. The van der Waals surface area contributed by atoms with Gasteiger partial charge in [0.15, 0.2) is 0 Å². The van der Waals surface area contributed by atoms with E-state index in [4.69, 9.17) is 0 Å². The van der Waals surface area contributed by atoms with Crippen molar-refractivity contribution in [3.8, 4) is 11.1 Å². The Balaban J connectivity index is 1.52. The molecule has 2 aromatic heterocycles. The molecule has 0 fully saturated rings. The highest BCUT2D eigenvalue weighted by molar-refractivity contribution is 5.88. The van der Waals surface area contributed by atoms with E-state index in [0.717, 1.165) is 22.3 Å². The lowest BCUT2D eigenvalue weighted by atomic mass is 10.1. The minimum absolute atomic E-state index is 0.717.